The number of fused-ring (bicyclic) bond motifs is 1. The molecular formula is C24H21NO5. The number of hydrogen-bond donors (Lipinski definition) is 1. The monoisotopic (exact) mass is 403 g/mol. The second-order valence-electron chi connectivity index (χ2n) is 6.86. The minimum atomic E-state index is -0.444. The maximum absolute atomic E-state index is 12.0. The highest BCUT2D eigenvalue weighted by Gasteiger charge is 2.14. The zero-order chi connectivity index (χ0) is 20.8. The number of nitrogens with one attached hydrogen (secondary N) is 1. The van der Waals surface area contributed by atoms with E-state index in [1.807, 2.05) is 66.7 Å². The predicted octanol–water partition coefficient (Wildman–Crippen LogP) is 3.48. The van der Waals surface area contributed by atoms with Gasteiger partial charge in [-0.15, -0.1) is 0 Å². The van der Waals surface area contributed by atoms with Gasteiger partial charge in [-0.1, -0.05) is 60.7 Å². The fourth-order valence-electron chi connectivity index (χ4n) is 3.11. The largest absolute Gasteiger partial charge is 0.455 e. The maximum Gasteiger partial charge on any atom is 0.310 e. The van der Waals surface area contributed by atoms with Gasteiger partial charge in [0.25, 0.3) is 5.91 Å². The van der Waals surface area contributed by atoms with E-state index in [0.29, 0.717) is 18.0 Å². The summed E-state index contributed by atoms with van der Waals surface area (Å²) >= 11 is 0. The Morgan fingerprint density at radius 2 is 1.53 bits per heavy atom. The second-order valence-corrected chi connectivity index (χ2v) is 6.86. The van der Waals surface area contributed by atoms with E-state index < -0.39 is 5.97 Å². The van der Waals surface area contributed by atoms with Crippen LogP contribution >= 0.6 is 0 Å². The van der Waals surface area contributed by atoms with Gasteiger partial charge in [-0.3, -0.25) is 9.59 Å². The van der Waals surface area contributed by atoms with Crippen LogP contribution in [0.2, 0.25) is 0 Å². The van der Waals surface area contributed by atoms with Gasteiger partial charge < -0.3 is 19.5 Å². The van der Waals surface area contributed by atoms with Crippen LogP contribution in [0.4, 0.5) is 0 Å². The van der Waals surface area contributed by atoms with Crippen molar-refractivity contribution in [2.45, 2.75) is 13.0 Å². The van der Waals surface area contributed by atoms with Gasteiger partial charge in [0.1, 0.15) is 0 Å². The van der Waals surface area contributed by atoms with Crippen molar-refractivity contribution in [1.82, 2.24) is 5.32 Å². The van der Waals surface area contributed by atoms with Gasteiger partial charge in [0.05, 0.1) is 6.42 Å². The van der Waals surface area contributed by atoms with Crippen molar-refractivity contribution < 1.29 is 23.8 Å². The lowest BCUT2D eigenvalue weighted by Crippen LogP contribution is -2.28. The molecule has 6 nitrogen and oxygen atoms in total. The molecule has 6 heteroatoms. The maximum atomic E-state index is 12.0. The summed E-state index contributed by atoms with van der Waals surface area (Å²) in [6.45, 7) is 0.204. The molecule has 1 amide bonds. The van der Waals surface area contributed by atoms with Gasteiger partial charge in [0.15, 0.2) is 18.1 Å². The summed E-state index contributed by atoms with van der Waals surface area (Å²) < 4.78 is 15.7. The third-order valence-electron chi connectivity index (χ3n) is 4.70. The van der Waals surface area contributed by atoms with E-state index >= 15 is 0 Å². The molecule has 0 aliphatic carbocycles. The molecule has 3 aromatic carbocycles. The number of carbonyl (C=O) groups excluding carboxylic acids is 2. The van der Waals surface area contributed by atoms with Crippen LogP contribution in [0.3, 0.4) is 0 Å². The van der Waals surface area contributed by atoms with Crippen molar-refractivity contribution >= 4 is 11.9 Å². The summed E-state index contributed by atoms with van der Waals surface area (Å²) in [5.74, 6) is 0.545. The highest BCUT2D eigenvalue weighted by atomic mass is 16.7. The Balaban J connectivity index is 1.21. The lowest BCUT2D eigenvalue weighted by Gasteiger charge is -2.08. The van der Waals surface area contributed by atoms with Gasteiger partial charge >= 0.3 is 5.97 Å². The summed E-state index contributed by atoms with van der Waals surface area (Å²) in [6.07, 6.45) is 0.116. The fourth-order valence-corrected chi connectivity index (χ4v) is 3.11. The molecule has 0 saturated heterocycles. The molecule has 0 spiro atoms. The van der Waals surface area contributed by atoms with Crippen molar-refractivity contribution in [3.05, 3.63) is 83.9 Å². The van der Waals surface area contributed by atoms with Crippen molar-refractivity contribution in [2.24, 2.45) is 0 Å². The molecule has 4 rings (SSSR count). The number of benzene rings is 3. The lowest BCUT2D eigenvalue weighted by molar-refractivity contribution is -0.147. The fraction of sp³-hybridized carbons (Fsp3) is 0.167. The van der Waals surface area contributed by atoms with Crippen LogP contribution < -0.4 is 14.8 Å². The summed E-state index contributed by atoms with van der Waals surface area (Å²) in [5, 5.41) is 2.72. The number of hydrogen-bond acceptors (Lipinski definition) is 5. The van der Waals surface area contributed by atoms with Gasteiger partial charge in [-0.2, -0.15) is 0 Å². The average Bonchev–Trinajstić information content (AvgIpc) is 3.25. The Morgan fingerprint density at radius 3 is 2.33 bits per heavy atom. The van der Waals surface area contributed by atoms with E-state index in [4.69, 9.17) is 14.2 Å². The average molecular weight is 403 g/mol. The molecule has 1 heterocycles. The predicted molar refractivity (Wildman–Crippen MR) is 111 cm³/mol. The molecule has 1 aliphatic heterocycles. The van der Waals surface area contributed by atoms with Crippen LogP contribution in [-0.4, -0.2) is 25.3 Å². The molecule has 30 heavy (non-hydrogen) atoms. The van der Waals surface area contributed by atoms with E-state index in [1.165, 1.54) is 0 Å². The van der Waals surface area contributed by atoms with Crippen LogP contribution in [0.1, 0.15) is 11.1 Å². The molecule has 0 atom stereocenters. The highest BCUT2D eigenvalue weighted by molar-refractivity contribution is 5.81. The van der Waals surface area contributed by atoms with Gasteiger partial charge in [-0.05, 0) is 34.4 Å². The molecule has 152 valence electrons. The zero-order valence-corrected chi connectivity index (χ0v) is 16.3. The molecule has 0 fully saturated rings. The lowest BCUT2D eigenvalue weighted by atomic mass is 10.0. The molecule has 0 bridgehead atoms. The molecule has 0 aromatic heterocycles. The van der Waals surface area contributed by atoms with Crippen molar-refractivity contribution in [3.8, 4) is 22.6 Å². The first kappa shape index (κ1) is 19.5. The Kier molecular flexibility index (Phi) is 5.94. The topological polar surface area (TPSA) is 73.9 Å². The molecule has 0 radical (unpaired) electrons. The minimum absolute atomic E-state index is 0.116. The first-order valence-electron chi connectivity index (χ1n) is 9.62. The van der Waals surface area contributed by atoms with Crippen molar-refractivity contribution in [3.63, 3.8) is 0 Å². The zero-order valence-electron chi connectivity index (χ0n) is 16.3. The molecule has 1 aliphatic rings. The number of carbonyl (C=O) groups is 2. The molecule has 1 N–H and O–H groups in total. The standard InChI is InChI=1S/C24H21NO5/c26-23(25-14-18-8-11-21-22(12-18)30-16-29-21)15-28-24(27)13-17-6-9-20(10-7-17)19-4-2-1-3-5-19/h1-12H,13-16H2,(H,25,26). The first-order chi connectivity index (χ1) is 14.7. The van der Waals surface area contributed by atoms with E-state index in [2.05, 4.69) is 5.32 Å². The van der Waals surface area contributed by atoms with E-state index in [1.54, 1.807) is 6.07 Å². The van der Waals surface area contributed by atoms with Gasteiger partial charge in [0, 0.05) is 6.54 Å². The third kappa shape index (κ3) is 4.97. The third-order valence-corrected chi connectivity index (χ3v) is 4.70. The highest BCUT2D eigenvalue weighted by Crippen LogP contribution is 2.32. The molecule has 0 unspecified atom stereocenters. The van der Waals surface area contributed by atoms with Crippen LogP contribution in [-0.2, 0) is 27.3 Å². The van der Waals surface area contributed by atoms with E-state index in [-0.39, 0.29) is 25.7 Å². The number of esters is 1. The van der Waals surface area contributed by atoms with E-state index in [0.717, 1.165) is 22.3 Å². The second kappa shape index (κ2) is 9.13. The Hall–Kier alpha value is -3.80. The number of amides is 1. The molecular weight excluding hydrogens is 382 g/mol. The number of rotatable bonds is 7. The van der Waals surface area contributed by atoms with Gasteiger partial charge in [-0.25, -0.2) is 0 Å². The SMILES string of the molecule is O=C(COC(=O)Cc1ccc(-c2ccccc2)cc1)NCc1ccc2c(c1)OCO2. The van der Waals surface area contributed by atoms with Gasteiger partial charge in [0.2, 0.25) is 6.79 Å². The number of ether oxygens (including phenoxy) is 3. The van der Waals surface area contributed by atoms with Crippen LogP contribution in [0, 0.1) is 0 Å². The van der Waals surface area contributed by atoms with Crippen LogP contribution in [0.15, 0.2) is 72.8 Å². The summed E-state index contributed by atoms with van der Waals surface area (Å²) in [5.41, 5.74) is 3.90. The van der Waals surface area contributed by atoms with Crippen LogP contribution in [0.5, 0.6) is 11.5 Å². The first-order valence-corrected chi connectivity index (χ1v) is 9.62. The summed E-state index contributed by atoms with van der Waals surface area (Å²) in [4.78, 5) is 24.0. The quantitative estimate of drug-likeness (QED) is 0.612. The van der Waals surface area contributed by atoms with Crippen molar-refractivity contribution in [2.75, 3.05) is 13.4 Å². The smallest absolute Gasteiger partial charge is 0.310 e. The molecule has 0 saturated carbocycles. The van der Waals surface area contributed by atoms with E-state index in [9.17, 15) is 9.59 Å². The van der Waals surface area contributed by atoms with Crippen molar-refractivity contribution in [1.29, 1.82) is 0 Å². The van der Waals surface area contributed by atoms with Crippen LogP contribution in [0.25, 0.3) is 11.1 Å². The summed E-state index contributed by atoms with van der Waals surface area (Å²) in [7, 11) is 0. The minimum Gasteiger partial charge on any atom is -0.455 e. The normalized spacial score (nSPS) is 11.7. The summed E-state index contributed by atoms with van der Waals surface area (Å²) in [6, 6.07) is 23.2. The Bertz CT molecular complexity index is 1030. The molecule has 3 aromatic rings. The Labute approximate surface area is 174 Å². The Morgan fingerprint density at radius 1 is 0.833 bits per heavy atom.